The van der Waals surface area contributed by atoms with Gasteiger partial charge in [-0.2, -0.15) is 0 Å². The largest absolute Gasteiger partial charge is 0.310 e. The standard InChI is InChI=1S/C16H29N3S/c1-13(2)17-9-15-5-6-16(20-15)12-19(4)11-14-7-8-18(3)10-14/h5-6,13-14,17H,7-12H2,1-4H3. The van der Waals surface area contributed by atoms with Crippen LogP contribution in [0.1, 0.15) is 30.0 Å². The van der Waals surface area contributed by atoms with Crippen LogP contribution >= 0.6 is 11.3 Å². The molecule has 0 aromatic carbocycles. The summed E-state index contributed by atoms with van der Waals surface area (Å²) < 4.78 is 0. The fraction of sp³-hybridized carbons (Fsp3) is 0.750. The lowest BCUT2D eigenvalue weighted by molar-refractivity contribution is 0.269. The van der Waals surface area contributed by atoms with Gasteiger partial charge in [0.15, 0.2) is 0 Å². The third-order valence-electron chi connectivity index (χ3n) is 3.89. The van der Waals surface area contributed by atoms with Crippen molar-refractivity contribution in [2.24, 2.45) is 5.92 Å². The number of thiophene rings is 1. The van der Waals surface area contributed by atoms with E-state index in [1.165, 1.54) is 35.8 Å². The van der Waals surface area contributed by atoms with E-state index in [-0.39, 0.29) is 0 Å². The molecule has 1 aliphatic heterocycles. The Balaban J connectivity index is 1.75. The van der Waals surface area contributed by atoms with Crippen molar-refractivity contribution in [1.82, 2.24) is 15.1 Å². The summed E-state index contributed by atoms with van der Waals surface area (Å²) >= 11 is 1.95. The molecule has 4 heteroatoms. The average Bonchev–Trinajstić information content (AvgIpc) is 2.96. The second-order valence-electron chi connectivity index (χ2n) is 6.52. The van der Waals surface area contributed by atoms with Gasteiger partial charge < -0.3 is 15.1 Å². The highest BCUT2D eigenvalue weighted by Gasteiger charge is 2.20. The van der Waals surface area contributed by atoms with Gasteiger partial charge in [-0.15, -0.1) is 11.3 Å². The highest BCUT2D eigenvalue weighted by Crippen LogP contribution is 2.20. The molecule has 0 amide bonds. The molecular weight excluding hydrogens is 266 g/mol. The Morgan fingerprint density at radius 1 is 1.40 bits per heavy atom. The molecule has 0 saturated carbocycles. The maximum atomic E-state index is 3.48. The van der Waals surface area contributed by atoms with Crippen molar-refractivity contribution in [2.75, 3.05) is 33.7 Å². The summed E-state index contributed by atoms with van der Waals surface area (Å²) in [4.78, 5) is 7.86. The topological polar surface area (TPSA) is 18.5 Å². The number of nitrogens with one attached hydrogen (secondary N) is 1. The van der Waals surface area contributed by atoms with Crippen LogP contribution in [-0.4, -0.2) is 49.6 Å². The normalized spacial score (nSPS) is 20.4. The van der Waals surface area contributed by atoms with Crippen LogP contribution in [0.3, 0.4) is 0 Å². The molecule has 2 rings (SSSR count). The van der Waals surface area contributed by atoms with Crippen molar-refractivity contribution in [1.29, 1.82) is 0 Å². The summed E-state index contributed by atoms with van der Waals surface area (Å²) in [5.41, 5.74) is 0. The highest BCUT2D eigenvalue weighted by atomic mass is 32.1. The Morgan fingerprint density at radius 3 is 2.80 bits per heavy atom. The molecule has 0 aliphatic carbocycles. The van der Waals surface area contributed by atoms with Gasteiger partial charge in [-0.1, -0.05) is 13.8 Å². The maximum Gasteiger partial charge on any atom is 0.0325 e. The molecule has 1 atom stereocenters. The summed E-state index contributed by atoms with van der Waals surface area (Å²) in [6.07, 6.45) is 1.36. The van der Waals surface area contributed by atoms with Gasteiger partial charge in [-0.05, 0) is 45.1 Å². The van der Waals surface area contributed by atoms with Crippen LogP contribution in [0.2, 0.25) is 0 Å². The van der Waals surface area contributed by atoms with E-state index >= 15 is 0 Å². The van der Waals surface area contributed by atoms with Crippen LogP contribution in [0, 0.1) is 5.92 Å². The first-order chi connectivity index (χ1) is 9.52. The van der Waals surface area contributed by atoms with Crippen LogP contribution < -0.4 is 5.32 Å². The van der Waals surface area contributed by atoms with Gasteiger partial charge in [0.05, 0.1) is 0 Å². The minimum atomic E-state index is 0.558. The van der Waals surface area contributed by atoms with Gasteiger partial charge in [0.1, 0.15) is 0 Å². The predicted octanol–water partition coefficient (Wildman–Crippen LogP) is 2.63. The zero-order valence-electron chi connectivity index (χ0n) is 13.4. The van der Waals surface area contributed by atoms with Gasteiger partial charge in [-0.25, -0.2) is 0 Å². The van der Waals surface area contributed by atoms with E-state index in [1.807, 2.05) is 11.3 Å². The van der Waals surface area contributed by atoms with Crippen molar-refractivity contribution >= 4 is 11.3 Å². The molecule has 0 spiro atoms. The molecule has 1 aromatic heterocycles. The summed E-state index contributed by atoms with van der Waals surface area (Å²) in [6, 6.07) is 5.12. The Labute approximate surface area is 128 Å². The predicted molar refractivity (Wildman–Crippen MR) is 88.2 cm³/mol. The van der Waals surface area contributed by atoms with Gasteiger partial charge in [0.25, 0.3) is 0 Å². The van der Waals surface area contributed by atoms with Crippen LogP contribution in [-0.2, 0) is 13.1 Å². The SMILES string of the molecule is CC(C)NCc1ccc(CN(C)CC2CCN(C)C2)s1. The van der Waals surface area contributed by atoms with Crippen molar-refractivity contribution in [2.45, 2.75) is 39.4 Å². The quantitative estimate of drug-likeness (QED) is 0.834. The zero-order chi connectivity index (χ0) is 14.5. The van der Waals surface area contributed by atoms with Crippen molar-refractivity contribution in [3.63, 3.8) is 0 Å². The highest BCUT2D eigenvalue weighted by molar-refractivity contribution is 7.11. The van der Waals surface area contributed by atoms with Crippen LogP contribution in [0.25, 0.3) is 0 Å². The van der Waals surface area contributed by atoms with Gasteiger partial charge in [-0.3, -0.25) is 0 Å². The second-order valence-corrected chi connectivity index (χ2v) is 7.77. The van der Waals surface area contributed by atoms with E-state index in [9.17, 15) is 0 Å². The number of rotatable bonds is 7. The lowest BCUT2D eigenvalue weighted by Crippen LogP contribution is -2.26. The van der Waals surface area contributed by atoms with E-state index in [4.69, 9.17) is 0 Å². The summed E-state index contributed by atoms with van der Waals surface area (Å²) in [5, 5.41) is 3.48. The molecule has 114 valence electrons. The average molecular weight is 295 g/mol. The fourth-order valence-corrected chi connectivity index (χ4v) is 3.90. The molecule has 1 aliphatic rings. The minimum absolute atomic E-state index is 0.558. The Hall–Kier alpha value is -0.420. The van der Waals surface area contributed by atoms with Crippen LogP contribution in [0.5, 0.6) is 0 Å². The third kappa shape index (κ3) is 5.17. The third-order valence-corrected chi connectivity index (χ3v) is 4.96. The molecule has 1 fully saturated rings. The van der Waals surface area contributed by atoms with Crippen LogP contribution in [0.4, 0.5) is 0 Å². The zero-order valence-corrected chi connectivity index (χ0v) is 14.2. The van der Waals surface area contributed by atoms with E-state index in [0.29, 0.717) is 6.04 Å². The lowest BCUT2D eigenvalue weighted by Gasteiger charge is -2.20. The smallest absolute Gasteiger partial charge is 0.0325 e. The lowest BCUT2D eigenvalue weighted by atomic mass is 10.1. The number of nitrogens with zero attached hydrogens (tertiary/aromatic N) is 2. The van der Waals surface area contributed by atoms with E-state index in [0.717, 1.165) is 19.0 Å². The first kappa shape index (κ1) is 16.0. The number of likely N-dealkylation sites (tertiary alicyclic amines) is 1. The fourth-order valence-electron chi connectivity index (χ4n) is 2.85. The molecule has 3 nitrogen and oxygen atoms in total. The van der Waals surface area contributed by atoms with Gasteiger partial charge >= 0.3 is 0 Å². The molecule has 1 N–H and O–H groups in total. The number of hydrogen-bond acceptors (Lipinski definition) is 4. The van der Waals surface area contributed by atoms with E-state index < -0.39 is 0 Å². The molecule has 0 radical (unpaired) electrons. The summed E-state index contributed by atoms with van der Waals surface area (Å²) in [7, 11) is 4.48. The number of hydrogen-bond donors (Lipinski definition) is 1. The van der Waals surface area contributed by atoms with Crippen molar-refractivity contribution < 1.29 is 0 Å². The summed E-state index contributed by atoms with van der Waals surface area (Å²) in [5.74, 6) is 0.854. The van der Waals surface area contributed by atoms with Crippen molar-refractivity contribution in [3.05, 3.63) is 21.9 Å². The molecule has 2 heterocycles. The van der Waals surface area contributed by atoms with E-state index in [2.05, 4.69) is 55.2 Å². The monoisotopic (exact) mass is 295 g/mol. The first-order valence-electron chi connectivity index (χ1n) is 7.71. The molecular formula is C16H29N3S. The van der Waals surface area contributed by atoms with Crippen molar-refractivity contribution in [3.8, 4) is 0 Å². The Bertz CT molecular complexity index is 402. The molecule has 0 bridgehead atoms. The maximum absolute atomic E-state index is 3.48. The van der Waals surface area contributed by atoms with Gasteiger partial charge in [0.2, 0.25) is 0 Å². The van der Waals surface area contributed by atoms with Gasteiger partial charge in [0, 0.05) is 42.0 Å². The molecule has 1 saturated heterocycles. The summed E-state index contributed by atoms with van der Waals surface area (Å²) in [6.45, 7) is 10.2. The Morgan fingerprint density at radius 2 is 2.15 bits per heavy atom. The van der Waals surface area contributed by atoms with Crippen LogP contribution in [0.15, 0.2) is 12.1 Å². The minimum Gasteiger partial charge on any atom is -0.310 e. The second kappa shape index (κ2) is 7.55. The molecule has 20 heavy (non-hydrogen) atoms. The molecule has 1 unspecified atom stereocenters. The first-order valence-corrected chi connectivity index (χ1v) is 8.52. The Kier molecular flexibility index (Phi) is 6.02. The van der Waals surface area contributed by atoms with E-state index in [1.54, 1.807) is 0 Å². The molecule has 1 aromatic rings.